The van der Waals surface area contributed by atoms with E-state index in [0.717, 1.165) is 117 Å². The highest BCUT2D eigenvalue weighted by molar-refractivity contribution is 7.47. The van der Waals surface area contributed by atoms with Gasteiger partial charge < -0.3 is 69.2 Å². The molecule has 1 amide bonds. The van der Waals surface area contributed by atoms with Gasteiger partial charge >= 0.3 is 25.7 Å². The molecule has 81 heavy (non-hydrogen) atoms. The van der Waals surface area contributed by atoms with Gasteiger partial charge in [-0.05, 0) is 51.5 Å². The largest absolute Gasteiger partial charge is 0.471 e. The van der Waals surface area contributed by atoms with Crippen LogP contribution in [0.25, 0.3) is 0 Å². The van der Waals surface area contributed by atoms with E-state index < -0.39 is 85.4 Å². The van der Waals surface area contributed by atoms with Gasteiger partial charge in [-0.25, -0.2) is 17.7 Å². The standard InChI is InChI=1S/C20H39NO7.C17H30O6.C8H3F5O2.C7H18NO4P.C2H6/c1-15-18(24)19(25)16(14-22)28-20(15)27-13-9-5-6-10-17(23)21-11-7-3-4-8-12-26-2;1-6-7-8-9-20-17-12(3)11(2)16(22-14(5)19)15(23-17)10-21-13(4)18;1-2(14)15-8-6(12)4(10)3(9)5(11)7(8)13;1-11-13(9,10)12-7-5-3-2-4-6-8;1-2/h15-16,18-20,22,24-25H,3-14H2,1-2H3,(H,21,23);11-12,15-17H,6-10H2,1-5H3;1H3;2-8H2,1H3,(H,9,10);1-2H3/t15?,16?,18-,19+,20-;11-,12?,15?,16-,17-;;;/m11.../s1. The average Bonchev–Trinajstić information content (AvgIpc) is 3.48. The minimum absolute atomic E-state index is 0.0457. The van der Waals surface area contributed by atoms with Crippen LogP contribution in [0.3, 0.4) is 0 Å². The Morgan fingerprint density at radius 2 is 1.15 bits per heavy atom. The van der Waals surface area contributed by atoms with E-state index in [-0.39, 0.29) is 61.7 Å². The molecular weight excluding hydrogens is 1110 g/mol. The molecule has 2 aliphatic heterocycles. The number of hydrogen-bond acceptors (Lipinski definition) is 19. The quantitative estimate of drug-likeness (QED) is 0.00752. The molecule has 0 bridgehead atoms. The molecule has 27 heteroatoms. The molecular formula is C54H96F5N2O19P. The third-order valence-corrected chi connectivity index (χ3v) is 13.3. The van der Waals surface area contributed by atoms with Gasteiger partial charge in [-0.15, -0.1) is 0 Å². The van der Waals surface area contributed by atoms with Crippen LogP contribution in [-0.2, 0) is 65.9 Å². The van der Waals surface area contributed by atoms with Crippen LogP contribution in [0.1, 0.15) is 159 Å². The molecule has 476 valence electrons. The first-order valence-electron chi connectivity index (χ1n) is 27.9. The van der Waals surface area contributed by atoms with E-state index in [1.165, 1.54) is 13.8 Å². The number of ether oxygens (including phenoxy) is 8. The Balaban J connectivity index is 0. The maximum atomic E-state index is 12.8. The summed E-state index contributed by atoms with van der Waals surface area (Å²) in [5.74, 6) is -14.7. The summed E-state index contributed by atoms with van der Waals surface area (Å²) in [5.41, 5.74) is 5.30. The minimum Gasteiger partial charge on any atom is -0.463 e. The SMILES string of the molecule is CC.CC(=O)Oc1c(F)c(F)c(F)c(F)c1F.CCCCCO[C@@H]1OC(COC(C)=O)[C@H](OC(C)=O)[C@H](C)C1C.COCCCCCCNC(=O)CCCCCO[C@@H]1OC(CO)[C@H](O)[C@H](O)C1C.COP(=O)(O)OCCCCCCN. The Kier molecular flexibility index (Phi) is 46.0. The van der Waals surface area contributed by atoms with Crippen molar-refractivity contribution in [3.63, 3.8) is 0 Å². The van der Waals surface area contributed by atoms with Crippen molar-refractivity contribution in [2.75, 3.05) is 67.0 Å². The Labute approximate surface area is 475 Å². The first kappa shape index (κ1) is 79.6. The fourth-order valence-corrected chi connectivity index (χ4v) is 8.04. The average molecular weight is 1200 g/mol. The molecule has 2 aliphatic rings. The predicted molar refractivity (Wildman–Crippen MR) is 289 cm³/mol. The lowest BCUT2D eigenvalue weighted by molar-refractivity contribution is -0.282. The lowest BCUT2D eigenvalue weighted by atomic mass is 9.84. The monoisotopic (exact) mass is 1200 g/mol. The van der Waals surface area contributed by atoms with Crippen molar-refractivity contribution in [1.82, 2.24) is 5.32 Å². The van der Waals surface area contributed by atoms with Crippen LogP contribution in [0.5, 0.6) is 5.75 Å². The maximum absolute atomic E-state index is 12.8. The van der Waals surface area contributed by atoms with Crippen molar-refractivity contribution in [2.24, 2.45) is 23.5 Å². The Hall–Kier alpha value is -3.50. The predicted octanol–water partition coefficient (Wildman–Crippen LogP) is 8.25. The number of amides is 1. The zero-order chi connectivity index (χ0) is 62.1. The number of methoxy groups -OCH3 is 1. The first-order valence-corrected chi connectivity index (χ1v) is 29.4. The number of unbranched alkanes of at least 4 members (excludes halogenated alkanes) is 10. The van der Waals surface area contributed by atoms with Crippen LogP contribution in [0.15, 0.2) is 0 Å². The van der Waals surface area contributed by atoms with Gasteiger partial charge in [0.25, 0.3) is 0 Å². The Morgan fingerprint density at radius 3 is 1.67 bits per heavy atom. The highest BCUT2D eigenvalue weighted by atomic mass is 31.2. The highest BCUT2D eigenvalue weighted by Crippen LogP contribution is 2.42. The zero-order valence-corrected chi connectivity index (χ0v) is 50.3. The van der Waals surface area contributed by atoms with Gasteiger partial charge in [0.05, 0.1) is 19.3 Å². The van der Waals surface area contributed by atoms with E-state index in [9.17, 15) is 61.0 Å². The molecule has 1 aromatic carbocycles. The number of aliphatic hydroxyl groups is 3. The number of phosphoric acid groups is 1. The summed E-state index contributed by atoms with van der Waals surface area (Å²) in [7, 11) is -0.898. The van der Waals surface area contributed by atoms with E-state index in [0.29, 0.717) is 26.2 Å². The molecule has 0 aliphatic carbocycles. The first-order chi connectivity index (χ1) is 38.3. The Morgan fingerprint density at radius 1 is 0.642 bits per heavy atom. The normalized spacial score (nSPS) is 22.8. The topological polar surface area (TPSA) is 297 Å². The van der Waals surface area contributed by atoms with Crippen LogP contribution in [0.2, 0.25) is 0 Å². The van der Waals surface area contributed by atoms with Crippen molar-refractivity contribution in [1.29, 1.82) is 0 Å². The maximum Gasteiger partial charge on any atom is 0.471 e. The van der Waals surface area contributed by atoms with E-state index in [4.69, 9.17) is 43.8 Å². The van der Waals surface area contributed by atoms with Crippen molar-refractivity contribution >= 4 is 31.6 Å². The number of carbonyl (C=O) groups is 4. The summed E-state index contributed by atoms with van der Waals surface area (Å²) in [4.78, 5) is 53.4. The van der Waals surface area contributed by atoms with Gasteiger partial charge in [-0.1, -0.05) is 86.5 Å². The zero-order valence-electron chi connectivity index (χ0n) is 49.4. The number of halogens is 5. The number of rotatable bonds is 32. The summed E-state index contributed by atoms with van der Waals surface area (Å²) in [6, 6.07) is 0. The molecule has 11 atom stereocenters. The van der Waals surface area contributed by atoms with Crippen molar-refractivity contribution in [2.45, 2.75) is 202 Å². The molecule has 5 unspecified atom stereocenters. The second-order valence-electron chi connectivity index (χ2n) is 18.9. The van der Waals surface area contributed by atoms with Crippen LogP contribution in [-0.4, -0.2) is 154 Å². The molecule has 1 aromatic rings. The van der Waals surface area contributed by atoms with Crippen molar-refractivity contribution in [3.8, 4) is 5.75 Å². The van der Waals surface area contributed by atoms with Gasteiger partial charge in [0.1, 0.15) is 31.0 Å². The van der Waals surface area contributed by atoms with Gasteiger partial charge in [0.15, 0.2) is 12.6 Å². The molecule has 0 aromatic heterocycles. The van der Waals surface area contributed by atoms with Crippen LogP contribution >= 0.6 is 7.82 Å². The van der Waals surface area contributed by atoms with Crippen molar-refractivity contribution < 1.29 is 113 Å². The molecule has 3 rings (SSSR count). The highest BCUT2D eigenvalue weighted by Gasteiger charge is 2.45. The number of hydrogen-bond donors (Lipinski definition) is 6. The molecule has 2 saturated heterocycles. The van der Waals surface area contributed by atoms with Crippen LogP contribution < -0.4 is 15.8 Å². The number of nitrogens with two attached hydrogens (primary N) is 1. The summed E-state index contributed by atoms with van der Waals surface area (Å²) in [5, 5.41) is 32.0. The molecule has 2 fully saturated rings. The fourth-order valence-electron chi connectivity index (χ4n) is 7.58. The van der Waals surface area contributed by atoms with Gasteiger partial charge in [0.2, 0.25) is 40.7 Å². The number of benzene rings is 1. The van der Waals surface area contributed by atoms with E-state index in [1.807, 2.05) is 27.7 Å². The number of esters is 3. The molecule has 7 N–H and O–H groups in total. The van der Waals surface area contributed by atoms with Crippen molar-refractivity contribution in [3.05, 3.63) is 29.1 Å². The second kappa shape index (κ2) is 46.8. The number of aliphatic hydroxyl groups excluding tert-OH is 3. The number of nitrogens with one attached hydrogen (secondary N) is 1. The molecule has 0 saturated carbocycles. The van der Waals surface area contributed by atoms with E-state index in [1.54, 1.807) is 14.0 Å². The summed E-state index contributed by atoms with van der Waals surface area (Å²) in [6.45, 7) is 18.6. The lowest BCUT2D eigenvalue weighted by Gasteiger charge is -2.43. The molecule has 21 nitrogen and oxygen atoms in total. The second-order valence-corrected chi connectivity index (χ2v) is 20.5. The third-order valence-electron chi connectivity index (χ3n) is 12.3. The summed E-state index contributed by atoms with van der Waals surface area (Å²) >= 11 is 0. The molecule has 2 heterocycles. The summed E-state index contributed by atoms with van der Waals surface area (Å²) < 4.78 is 125. The smallest absolute Gasteiger partial charge is 0.463 e. The number of phosphoric ester groups is 1. The minimum atomic E-state index is -3.75. The van der Waals surface area contributed by atoms with E-state index >= 15 is 0 Å². The van der Waals surface area contributed by atoms with Gasteiger partial charge in [-0.3, -0.25) is 28.2 Å². The third kappa shape index (κ3) is 34.2. The van der Waals surface area contributed by atoms with E-state index in [2.05, 4.69) is 26.0 Å². The number of carbonyl (C=O) groups excluding carboxylic acids is 4. The fraction of sp³-hybridized carbons (Fsp3) is 0.815. The summed E-state index contributed by atoms with van der Waals surface area (Å²) in [6.07, 6.45) is 9.29. The lowest BCUT2D eigenvalue weighted by Crippen LogP contribution is -2.55. The Bertz CT molecular complexity index is 1890. The van der Waals surface area contributed by atoms with Gasteiger partial charge in [-0.2, -0.15) is 8.78 Å². The molecule has 0 spiro atoms. The molecule has 0 radical (unpaired) electrons. The van der Waals surface area contributed by atoms with Gasteiger partial charge in [0, 0.05) is 85.5 Å². The van der Waals surface area contributed by atoms with Crippen LogP contribution in [0, 0.1) is 46.8 Å². The van der Waals surface area contributed by atoms with Crippen LogP contribution in [0.4, 0.5) is 22.0 Å².